The van der Waals surface area contributed by atoms with Crippen LogP contribution in [0.15, 0.2) is 0 Å². The second kappa shape index (κ2) is 4.32. The van der Waals surface area contributed by atoms with Crippen LogP contribution in [-0.2, 0) is 0 Å². The number of alkyl halides is 3. The van der Waals surface area contributed by atoms with Crippen LogP contribution in [0.2, 0.25) is 0 Å². The highest BCUT2D eigenvalue weighted by Crippen LogP contribution is 2.51. The first-order valence-electron chi connectivity index (χ1n) is 5.68. The lowest BCUT2D eigenvalue weighted by atomic mass is 9.58. The molecule has 4 heteroatoms. The molecule has 1 aliphatic heterocycles. The van der Waals surface area contributed by atoms with E-state index in [1.54, 1.807) is 0 Å². The molecule has 90 valence electrons. The number of nitrogens with zero attached hydrogens (tertiary/aromatic N) is 1. The number of halogens is 3. The molecule has 15 heavy (non-hydrogen) atoms. The molecular weight excluding hydrogens is 203 g/mol. The fourth-order valence-electron chi connectivity index (χ4n) is 2.94. The molecule has 0 aromatic rings. The Hall–Kier alpha value is -0.250. The second-order valence-corrected chi connectivity index (χ2v) is 4.77. The minimum Gasteiger partial charge on any atom is -0.294 e. The largest absolute Gasteiger partial charge is 0.401 e. The normalized spacial score (nSPS) is 25.2. The third kappa shape index (κ3) is 3.10. The first-order valence-corrected chi connectivity index (χ1v) is 5.68. The lowest BCUT2D eigenvalue weighted by Gasteiger charge is -2.58. The highest BCUT2D eigenvalue weighted by molar-refractivity contribution is 5.03. The maximum Gasteiger partial charge on any atom is 0.401 e. The Bertz CT molecular complexity index is 198. The van der Waals surface area contributed by atoms with Crippen molar-refractivity contribution in [3.8, 4) is 0 Å². The fourth-order valence-corrected chi connectivity index (χ4v) is 2.94. The Labute approximate surface area is 89.6 Å². The molecule has 1 saturated carbocycles. The van der Waals surface area contributed by atoms with Gasteiger partial charge in [0.25, 0.3) is 0 Å². The molecule has 1 spiro atoms. The molecular formula is C11H20F3N. The Morgan fingerprint density at radius 3 is 2.00 bits per heavy atom. The van der Waals surface area contributed by atoms with Gasteiger partial charge in [-0.3, -0.25) is 4.90 Å². The summed E-state index contributed by atoms with van der Waals surface area (Å²) in [5, 5.41) is 0. The van der Waals surface area contributed by atoms with E-state index in [1.165, 1.54) is 4.90 Å². The Kier molecular flexibility index (Phi) is 3.69. The van der Waals surface area contributed by atoms with Gasteiger partial charge in [-0.1, -0.05) is 20.8 Å². The van der Waals surface area contributed by atoms with Gasteiger partial charge < -0.3 is 0 Å². The van der Waals surface area contributed by atoms with Gasteiger partial charge in [0, 0.05) is 13.1 Å². The summed E-state index contributed by atoms with van der Waals surface area (Å²) >= 11 is 0. The van der Waals surface area contributed by atoms with Gasteiger partial charge in [0.15, 0.2) is 0 Å². The van der Waals surface area contributed by atoms with Crippen molar-refractivity contribution in [3.63, 3.8) is 0 Å². The van der Waals surface area contributed by atoms with E-state index in [0.717, 1.165) is 18.8 Å². The van der Waals surface area contributed by atoms with E-state index in [2.05, 4.69) is 6.92 Å². The summed E-state index contributed by atoms with van der Waals surface area (Å²) < 4.78 is 35.8. The van der Waals surface area contributed by atoms with Gasteiger partial charge in [-0.05, 0) is 24.2 Å². The first kappa shape index (κ1) is 12.8. The quantitative estimate of drug-likeness (QED) is 0.659. The number of hydrogen-bond donors (Lipinski definition) is 0. The van der Waals surface area contributed by atoms with Gasteiger partial charge in [0.2, 0.25) is 0 Å². The molecule has 0 amide bonds. The molecule has 0 atom stereocenters. The molecule has 2 rings (SSSR count). The van der Waals surface area contributed by atoms with Crippen LogP contribution in [0, 0.1) is 11.3 Å². The third-order valence-electron chi connectivity index (χ3n) is 3.08. The zero-order chi connectivity index (χ0) is 11.7. The van der Waals surface area contributed by atoms with Crippen molar-refractivity contribution in [2.75, 3.05) is 19.6 Å². The number of hydrogen-bond acceptors (Lipinski definition) is 1. The Balaban J connectivity index is 0.000000531. The molecule has 1 heterocycles. The van der Waals surface area contributed by atoms with Crippen LogP contribution in [0.4, 0.5) is 13.2 Å². The summed E-state index contributed by atoms with van der Waals surface area (Å²) in [6, 6.07) is 0. The fraction of sp³-hybridized carbons (Fsp3) is 1.00. The average molecular weight is 223 g/mol. The summed E-state index contributed by atoms with van der Waals surface area (Å²) in [7, 11) is 0. The van der Waals surface area contributed by atoms with Gasteiger partial charge in [-0.2, -0.15) is 13.2 Å². The Morgan fingerprint density at radius 1 is 1.20 bits per heavy atom. The molecule has 2 aliphatic rings. The van der Waals surface area contributed by atoms with E-state index in [9.17, 15) is 13.2 Å². The smallest absolute Gasteiger partial charge is 0.294 e. The summed E-state index contributed by atoms with van der Waals surface area (Å²) in [5.74, 6) is 0.730. The minimum atomic E-state index is -4.02. The van der Waals surface area contributed by atoms with Crippen LogP contribution in [-0.4, -0.2) is 30.7 Å². The minimum absolute atomic E-state index is 0.282. The van der Waals surface area contributed by atoms with Gasteiger partial charge in [-0.25, -0.2) is 0 Å². The highest BCUT2D eigenvalue weighted by atomic mass is 19.4. The number of likely N-dealkylation sites (tertiary alicyclic amines) is 1. The van der Waals surface area contributed by atoms with Crippen LogP contribution in [0.25, 0.3) is 0 Å². The lowest BCUT2D eigenvalue weighted by molar-refractivity contribution is -0.184. The topological polar surface area (TPSA) is 3.24 Å². The number of rotatable bonds is 1. The van der Waals surface area contributed by atoms with E-state index in [4.69, 9.17) is 0 Å². The van der Waals surface area contributed by atoms with Crippen LogP contribution in [0.1, 0.15) is 33.6 Å². The second-order valence-electron chi connectivity index (χ2n) is 4.77. The molecule has 2 fully saturated rings. The van der Waals surface area contributed by atoms with E-state index in [-0.39, 0.29) is 5.41 Å². The van der Waals surface area contributed by atoms with E-state index in [0.29, 0.717) is 13.1 Å². The third-order valence-corrected chi connectivity index (χ3v) is 3.08. The van der Waals surface area contributed by atoms with Crippen LogP contribution >= 0.6 is 0 Å². The lowest BCUT2D eigenvalue weighted by Crippen LogP contribution is -2.63. The van der Waals surface area contributed by atoms with Crippen molar-refractivity contribution >= 4 is 0 Å². The van der Waals surface area contributed by atoms with Gasteiger partial charge in [0.05, 0.1) is 6.54 Å². The predicted octanol–water partition coefficient (Wildman–Crippen LogP) is 3.31. The van der Waals surface area contributed by atoms with Crippen molar-refractivity contribution in [1.82, 2.24) is 4.90 Å². The highest BCUT2D eigenvalue weighted by Gasteiger charge is 2.52. The summed E-state index contributed by atoms with van der Waals surface area (Å²) in [6.45, 7) is 6.77. The van der Waals surface area contributed by atoms with Crippen molar-refractivity contribution in [2.45, 2.75) is 39.8 Å². The van der Waals surface area contributed by atoms with E-state index >= 15 is 0 Å². The molecule has 0 bridgehead atoms. The monoisotopic (exact) mass is 223 g/mol. The van der Waals surface area contributed by atoms with Crippen molar-refractivity contribution in [1.29, 1.82) is 0 Å². The summed E-state index contributed by atoms with van der Waals surface area (Å²) in [4.78, 5) is 1.51. The molecule has 0 aromatic heterocycles. The molecule has 0 unspecified atom stereocenters. The average Bonchev–Trinajstić information content (AvgIpc) is 1.99. The maximum atomic E-state index is 11.9. The zero-order valence-corrected chi connectivity index (χ0v) is 9.69. The SMILES string of the molecule is CC.CC1CC2(C1)CN(CC(F)(F)F)C2. The molecule has 1 nitrogen and oxygen atoms in total. The molecule has 0 aromatic carbocycles. The Morgan fingerprint density at radius 2 is 1.67 bits per heavy atom. The first-order chi connectivity index (χ1) is 6.89. The summed E-state index contributed by atoms with van der Waals surface area (Å²) in [5.41, 5.74) is 0.282. The van der Waals surface area contributed by atoms with Crippen LogP contribution in [0.3, 0.4) is 0 Å². The predicted molar refractivity (Wildman–Crippen MR) is 54.7 cm³/mol. The maximum absolute atomic E-state index is 11.9. The molecule has 1 saturated heterocycles. The van der Waals surface area contributed by atoms with Gasteiger partial charge in [-0.15, -0.1) is 0 Å². The van der Waals surface area contributed by atoms with Crippen LogP contribution in [0.5, 0.6) is 0 Å². The molecule has 0 radical (unpaired) electrons. The van der Waals surface area contributed by atoms with Crippen LogP contribution < -0.4 is 0 Å². The van der Waals surface area contributed by atoms with E-state index in [1.807, 2.05) is 13.8 Å². The molecule has 0 N–H and O–H groups in total. The van der Waals surface area contributed by atoms with Crippen molar-refractivity contribution in [3.05, 3.63) is 0 Å². The van der Waals surface area contributed by atoms with Gasteiger partial charge in [0.1, 0.15) is 0 Å². The van der Waals surface area contributed by atoms with Crippen molar-refractivity contribution < 1.29 is 13.2 Å². The van der Waals surface area contributed by atoms with Gasteiger partial charge >= 0.3 is 6.18 Å². The van der Waals surface area contributed by atoms with E-state index < -0.39 is 12.7 Å². The standard InChI is InChI=1S/C9H14F3N.C2H6/c1-7-2-8(3-7)4-13(5-8)6-9(10,11)12;1-2/h7H,2-6H2,1H3;1-2H3. The molecule has 1 aliphatic carbocycles. The van der Waals surface area contributed by atoms with Crippen molar-refractivity contribution in [2.24, 2.45) is 11.3 Å². The summed E-state index contributed by atoms with van der Waals surface area (Å²) in [6.07, 6.45) is -1.76. The zero-order valence-electron chi connectivity index (χ0n) is 9.69.